The molecule has 0 saturated heterocycles. The van der Waals surface area contributed by atoms with Crippen molar-refractivity contribution in [1.82, 2.24) is 0 Å². The van der Waals surface area contributed by atoms with E-state index < -0.39 is 5.60 Å². The maximum absolute atomic E-state index is 12.2. The molecule has 2 saturated carbocycles. The molecule has 0 unspecified atom stereocenters. The second kappa shape index (κ2) is 4.91. The Morgan fingerprint density at radius 1 is 1.17 bits per heavy atom. The zero-order valence-electron chi connectivity index (χ0n) is 15.0. The van der Waals surface area contributed by atoms with Gasteiger partial charge in [-0.15, -0.1) is 0 Å². The molecule has 0 aromatic heterocycles. The minimum Gasteiger partial charge on any atom is -0.382 e. The van der Waals surface area contributed by atoms with Crippen LogP contribution in [0.5, 0.6) is 0 Å². The molecular formula is C21H28O3. The molecule has 130 valence electrons. The summed E-state index contributed by atoms with van der Waals surface area (Å²) < 4.78 is 0. The fourth-order valence-electron chi connectivity index (χ4n) is 6.59. The number of hydrogen-bond acceptors (Lipinski definition) is 3. The Morgan fingerprint density at radius 2 is 1.88 bits per heavy atom. The lowest BCUT2D eigenvalue weighted by Gasteiger charge is -2.56. The van der Waals surface area contributed by atoms with Crippen LogP contribution in [0.25, 0.3) is 0 Å². The van der Waals surface area contributed by atoms with Crippen LogP contribution in [-0.2, 0) is 9.59 Å². The summed E-state index contributed by atoms with van der Waals surface area (Å²) in [5.41, 5.74) is -0.197. The van der Waals surface area contributed by atoms with Gasteiger partial charge in [-0.2, -0.15) is 0 Å². The number of rotatable bonds is 1. The van der Waals surface area contributed by atoms with Crippen LogP contribution in [0.4, 0.5) is 0 Å². The van der Waals surface area contributed by atoms with Crippen molar-refractivity contribution in [2.24, 2.45) is 28.6 Å². The van der Waals surface area contributed by atoms with Gasteiger partial charge >= 0.3 is 0 Å². The molecule has 0 amide bonds. The number of ketones is 2. The summed E-state index contributed by atoms with van der Waals surface area (Å²) in [4.78, 5) is 24.0. The van der Waals surface area contributed by atoms with E-state index in [0.29, 0.717) is 30.6 Å². The van der Waals surface area contributed by atoms with Crippen LogP contribution < -0.4 is 0 Å². The largest absolute Gasteiger partial charge is 0.382 e. The number of hydrogen-bond donors (Lipinski definition) is 1. The minimum atomic E-state index is -1.16. The van der Waals surface area contributed by atoms with E-state index in [1.54, 1.807) is 6.92 Å². The van der Waals surface area contributed by atoms with E-state index >= 15 is 0 Å². The van der Waals surface area contributed by atoms with E-state index in [1.807, 2.05) is 6.08 Å². The second-order valence-electron chi connectivity index (χ2n) is 9.04. The second-order valence-corrected chi connectivity index (χ2v) is 9.04. The van der Waals surface area contributed by atoms with Crippen LogP contribution in [0, 0.1) is 28.6 Å². The quantitative estimate of drug-likeness (QED) is 0.800. The minimum absolute atomic E-state index is 0.0687. The number of aliphatic hydroxyl groups is 1. The summed E-state index contributed by atoms with van der Waals surface area (Å²) >= 11 is 0. The average Bonchev–Trinajstić information content (AvgIpc) is 2.81. The predicted molar refractivity (Wildman–Crippen MR) is 92.2 cm³/mol. The Bertz CT molecular complexity index is 675. The first-order chi connectivity index (χ1) is 11.2. The maximum Gasteiger partial charge on any atom is 0.161 e. The molecule has 4 aliphatic rings. The molecule has 24 heavy (non-hydrogen) atoms. The highest BCUT2D eigenvalue weighted by molar-refractivity contribution is 5.92. The van der Waals surface area contributed by atoms with Gasteiger partial charge in [-0.05, 0) is 73.8 Å². The molecule has 3 nitrogen and oxygen atoms in total. The Labute approximate surface area is 144 Å². The number of carbonyl (C=O) groups is 2. The fraction of sp³-hybridized carbons (Fsp3) is 0.714. The van der Waals surface area contributed by atoms with Crippen molar-refractivity contribution in [1.29, 1.82) is 0 Å². The molecule has 0 aliphatic heterocycles. The third kappa shape index (κ3) is 1.82. The van der Waals surface area contributed by atoms with E-state index in [0.717, 1.165) is 25.7 Å². The van der Waals surface area contributed by atoms with Crippen molar-refractivity contribution < 1.29 is 14.7 Å². The van der Waals surface area contributed by atoms with Gasteiger partial charge in [-0.1, -0.05) is 26.0 Å². The highest BCUT2D eigenvalue weighted by Crippen LogP contribution is 2.66. The summed E-state index contributed by atoms with van der Waals surface area (Å²) in [6.45, 7) is 6.00. The molecule has 6 atom stereocenters. The van der Waals surface area contributed by atoms with Crippen molar-refractivity contribution in [3.05, 3.63) is 23.8 Å². The van der Waals surface area contributed by atoms with Gasteiger partial charge in [0.05, 0.1) is 0 Å². The van der Waals surface area contributed by atoms with Crippen LogP contribution in [0.2, 0.25) is 0 Å². The third-order valence-electron chi connectivity index (χ3n) is 8.25. The summed E-state index contributed by atoms with van der Waals surface area (Å²) in [6, 6.07) is 0. The van der Waals surface area contributed by atoms with E-state index in [4.69, 9.17) is 0 Å². The SMILES string of the molecule is CC(=O)[C@@]1(O)CC[C@H]2[C@@H]3C=CC4=CC(=O)CC[C@@]4(C)[C@@H]3CC[C@@]21C. The molecule has 0 aromatic rings. The molecule has 4 rings (SSSR count). The molecule has 1 N–H and O–H groups in total. The monoisotopic (exact) mass is 328 g/mol. The van der Waals surface area contributed by atoms with Gasteiger partial charge in [0.1, 0.15) is 5.60 Å². The lowest BCUT2D eigenvalue weighted by atomic mass is 9.48. The maximum atomic E-state index is 12.2. The van der Waals surface area contributed by atoms with Gasteiger partial charge in [0.2, 0.25) is 0 Å². The zero-order chi connectivity index (χ0) is 17.3. The van der Waals surface area contributed by atoms with Crippen LogP contribution in [0.3, 0.4) is 0 Å². The Morgan fingerprint density at radius 3 is 2.58 bits per heavy atom. The number of carbonyl (C=O) groups excluding carboxylic acids is 2. The predicted octanol–water partition coefficient (Wildman–Crippen LogP) is 3.61. The van der Waals surface area contributed by atoms with Crippen molar-refractivity contribution in [2.45, 2.75) is 64.9 Å². The van der Waals surface area contributed by atoms with Crippen LogP contribution >= 0.6 is 0 Å². The lowest BCUT2D eigenvalue weighted by molar-refractivity contribution is -0.156. The molecule has 0 radical (unpaired) electrons. The van der Waals surface area contributed by atoms with Crippen molar-refractivity contribution in [2.75, 3.05) is 0 Å². The van der Waals surface area contributed by atoms with Gasteiger partial charge in [-0.25, -0.2) is 0 Å². The Balaban J connectivity index is 1.75. The molecule has 0 spiro atoms. The van der Waals surface area contributed by atoms with E-state index in [1.165, 1.54) is 5.57 Å². The standard InChI is InChI=1S/C21H28O3/c1-13(22)21(24)11-8-18-16-5-4-14-12-15(23)6-9-19(14,2)17(16)7-10-20(18,21)3/h4-5,12,16-18,24H,6-11H2,1-3H3/t16-,17-,18+,19-,20+,21+/m1/s1. The average molecular weight is 328 g/mol. The topological polar surface area (TPSA) is 54.4 Å². The van der Waals surface area contributed by atoms with Crippen LogP contribution in [0.15, 0.2) is 23.8 Å². The molecular weight excluding hydrogens is 300 g/mol. The fourth-order valence-corrected chi connectivity index (χ4v) is 6.59. The van der Waals surface area contributed by atoms with Gasteiger partial charge in [0.25, 0.3) is 0 Å². The first-order valence-electron chi connectivity index (χ1n) is 9.39. The van der Waals surface area contributed by atoms with E-state index in [9.17, 15) is 14.7 Å². The molecule has 0 aromatic carbocycles. The Kier molecular flexibility index (Phi) is 3.32. The van der Waals surface area contributed by atoms with Crippen molar-refractivity contribution in [3.63, 3.8) is 0 Å². The summed E-state index contributed by atoms with van der Waals surface area (Å²) in [5.74, 6) is 1.47. The number of allylic oxidation sites excluding steroid dienone is 4. The van der Waals surface area contributed by atoms with Gasteiger partial charge in [0, 0.05) is 11.8 Å². The summed E-state index contributed by atoms with van der Waals surface area (Å²) in [6.07, 6.45) is 11.3. The number of fused-ring (bicyclic) bond motifs is 5. The first-order valence-corrected chi connectivity index (χ1v) is 9.39. The van der Waals surface area contributed by atoms with E-state index in [-0.39, 0.29) is 22.4 Å². The van der Waals surface area contributed by atoms with Gasteiger partial charge < -0.3 is 5.11 Å². The molecule has 0 bridgehead atoms. The summed E-state index contributed by atoms with van der Waals surface area (Å²) in [7, 11) is 0. The van der Waals surface area contributed by atoms with Crippen LogP contribution in [-0.4, -0.2) is 22.3 Å². The summed E-state index contributed by atoms with van der Waals surface area (Å²) in [5, 5.41) is 11.1. The molecule has 3 heteroatoms. The highest BCUT2D eigenvalue weighted by Gasteiger charge is 2.64. The van der Waals surface area contributed by atoms with Crippen molar-refractivity contribution >= 4 is 11.6 Å². The highest BCUT2D eigenvalue weighted by atomic mass is 16.3. The lowest BCUT2D eigenvalue weighted by Crippen LogP contribution is -2.56. The van der Waals surface area contributed by atoms with Gasteiger partial charge in [-0.3, -0.25) is 9.59 Å². The van der Waals surface area contributed by atoms with E-state index in [2.05, 4.69) is 26.0 Å². The third-order valence-corrected chi connectivity index (χ3v) is 8.25. The first kappa shape index (κ1) is 16.3. The number of Topliss-reactive ketones (excluding diaryl/α,β-unsaturated/α-hetero) is 1. The molecule has 2 fully saturated rings. The smallest absolute Gasteiger partial charge is 0.161 e. The normalized spacial score (nSPS) is 49.9. The molecule has 4 aliphatic carbocycles. The van der Waals surface area contributed by atoms with Gasteiger partial charge in [0.15, 0.2) is 11.6 Å². The van der Waals surface area contributed by atoms with Crippen molar-refractivity contribution in [3.8, 4) is 0 Å². The molecule has 0 heterocycles. The zero-order valence-corrected chi connectivity index (χ0v) is 15.0. The Hall–Kier alpha value is -1.22. The van der Waals surface area contributed by atoms with Crippen LogP contribution in [0.1, 0.15) is 59.3 Å².